The normalized spacial score (nSPS) is 21.1. The van der Waals surface area contributed by atoms with Crippen LogP contribution in [0.4, 0.5) is 0 Å². The van der Waals surface area contributed by atoms with Gasteiger partial charge in [0, 0.05) is 26.2 Å². The predicted octanol–water partition coefficient (Wildman–Crippen LogP) is -0.0108. The SMILES string of the molecule is COCCOCCC(=O)N1CCCC(N)C1. The quantitative estimate of drug-likeness (QED) is 0.652. The standard InChI is InChI=1S/C11H22N2O3/c1-15-7-8-16-6-4-11(14)13-5-2-3-10(12)9-13/h10H,2-9,12H2,1H3. The number of nitrogens with zero attached hydrogens (tertiary/aromatic N) is 1. The van der Waals surface area contributed by atoms with Crippen LogP contribution in [0.1, 0.15) is 19.3 Å². The van der Waals surface area contributed by atoms with Crippen molar-refractivity contribution in [3.8, 4) is 0 Å². The van der Waals surface area contributed by atoms with Crippen LogP contribution in [0.2, 0.25) is 0 Å². The van der Waals surface area contributed by atoms with Gasteiger partial charge in [-0.25, -0.2) is 0 Å². The lowest BCUT2D eigenvalue weighted by molar-refractivity contribution is -0.133. The van der Waals surface area contributed by atoms with Gasteiger partial charge in [-0.2, -0.15) is 0 Å². The Labute approximate surface area is 96.9 Å². The smallest absolute Gasteiger partial charge is 0.224 e. The Kier molecular flexibility index (Phi) is 6.37. The van der Waals surface area contributed by atoms with Crippen molar-refractivity contribution in [2.75, 3.05) is 40.0 Å². The van der Waals surface area contributed by atoms with Gasteiger partial charge in [0.1, 0.15) is 0 Å². The number of methoxy groups -OCH3 is 1. The van der Waals surface area contributed by atoms with Crippen LogP contribution in [0.5, 0.6) is 0 Å². The Bertz CT molecular complexity index is 211. The molecule has 0 bridgehead atoms. The Morgan fingerprint density at radius 3 is 2.94 bits per heavy atom. The van der Waals surface area contributed by atoms with Crippen LogP contribution in [0.25, 0.3) is 0 Å². The molecular formula is C11H22N2O3. The molecular weight excluding hydrogens is 208 g/mol. The number of carbonyl (C=O) groups is 1. The van der Waals surface area contributed by atoms with Crippen molar-refractivity contribution >= 4 is 5.91 Å². The summed E-state index contributed by atoms with van der Waals surface area (Å²) in [6.07, 6.45) is 2.47. The number of ether oxygens (including phenoxy) is 2. The lowest BCUT2D eigenvalue weighted by Gasteiger charge is -2.30. The van der Waals surface area contributed by atoms with E-state index in [9.17, 15) is 4.79 Å². The summed E-state index contributed by atoms with van der Waals surface area (Å²) in [5, 5.41) is 0. The fraction of sp³-hybridized carbons (Fsp3) is 0.909. The van der Waals surface area contributed by atoms with Crippen LogP contribution in [-0.4, -0.2) is 56.9 Å². The molecule has 1 heterocycles. The zero-order valence-corrected chi connectivity index (χ0v) is 9.98. The highest BCUT2D eigenvalue weighted by molar-refractivity contribution is 5.76. The summed E-state index contributed by atoms with van der Waals surface area (Å²) >= 11 is 0. The molecule has 0 aromatic carbocycles. The van der Waals surface area contributed by atoms with Crippen LogP contribution in [0.15, 0.2) is 0 Å². The summed E-state index contributed by atoms with van der Waals surface area (Å²) in [5.74, 6) is 0.146. The van der Waals surface area contributed by atoms with Crippen molar-refractivity contribution < 1.29 is 14.3 Å². The van der Waals surface area contributed by atoms with Crippen molar-refractivity contribution in [3.63, 3.8) is 0 Å². The van der Waals surface area contributed by atoms with E-state index >= 15 is 0 Å². The number of hydrogen-bond acceptors (Lipinski definition) is 4. The number of amides is 1. The molecule has 0 radical (unpaired) electrons. The molecule has 1 atom stereocenters. The number of nitrogens with two attached hydrogens (primary N) is 1. The number of likely N-dealkylation sites (tertiary alicyclic amines) is 1. The van der Waals surface area contributed by atoms with E-state index < -0.39 is 0 Å². The molecule has 1 aliphatic heterocycles. The van der Waals surface area contributed by atoms with Crippen LogP contribution in [0, 0.1) is 0 Å². The average molecular weight is 230 g/mol. The maximum atomic E-state index is 11.7. The van der Waals surface area contributed by atoms with Crippen molar-refractivity contribution in [1.29, 1.82) is 0 Å². The molecule has 0 saturated carbocycles. The van der Waals surface area contributed by atoms with Gasteiger partial charge in [-0.15, -0.1) is 0 Å². The van der Waals surface area contributed by atoms with E-state index in [1.54, 1.807) is 7.11 Å². The maximum Gasteiger partial charge on any atom is 0.224 e. The highest BCUT2D eigenvalue weighted by Crippen LogP contribution is 2.09. The topological polar surface area (TPSA) is 64.8 Å². The average Bonchev–Trinajstić information content (AvgIpc) is 2.28. The molecule has 0 aliphatic carbocycles. The monoisotopic (exact) mass is 230 g/mol. The van der Waals surface area contributed by atoms with Crippen molar-refractivity contribution in [1.82, 2.24) is 4.90 Å². The van der Waals surface area contributed by atoms with E-state index in [-0.39, 0.29) is 11.9 Å². The minimum absolute atomic E-state index is 0.145. The molecule has 16 heavy (non-hydrogen) atoms. The minimum Gasteiger partial charge on any atom is -0.382 e. The first-order chi connectivity index (χ1) is 7.74. The van der Waals surface area contributed by atoms with E-state index in [0.717, 1.165) is 19.4 Å². The van der Waals surface area contributed by atoms with Crippen LogP contribution in [0.3, 0.4) is 0 Å². The minimum atomic E-state index is 0.145. The third-order valence-electron chi connectivity index (χ3n) is 2.70. The lowest BCUT2D eigenvalue weighted by atomic mass is 10.1. The third-order valence-corrected chi connectivity index (χ3v) is 2.70. The van der Waals surface area contributed by atoms with E-state index in [0.29, 0.717) is 32.8 Å². The van der Waals surface area contributed by atoms with Gasteiger partial charge in [0.2, 0.25) is 5.91 Å². The van der Waals surface area contributed by atoms with E-state index in [4.69, 9.17) is 15.2 Å². The second-order valence-electron chi connectivity index (χ2n) is 4.10. The molecule has 5 nitrogen and oxygen atoms in total. The first-order valence-electron chi connectivity index (χ1n) is 5.84. The summed E-state index contributed by atoms with van der Waals surface area (Å²) in [6.45, 7) is 3.11. The van der Waals surface area contributed by atoms with Crippen molar-refractivity contribution in [3.05, 3.63) is 0 Å². The van der Waals surface area contributed by atoms with Gasteiger partial charge in [0.05, 0.1) is 26.2 Å². The molecule has 5 heteroatoms. The Morgan fingerprint density at radius 1 is 1.44 bits per heavy atom. The second kappa shape index (κ2) is 7.60. The fourth-order valence-electron chi connectivity index (χ4n) is 1.80. The summed E-state index contributed by atoms with van der Waals surface area (Å²) in [7, 11) is 1.63. The summed E-state index contributed by atoms with van der Waals surface area (Å²) in [4.78, 5) is 13.6. The van der Waals surface area contributed by atoms with Gasteiger partial charge < -0.3 is 20.1 Å². The molecule has 0 aromatic rings. The molecule has 0 aromatic heterocycles. The van der Waals surface area contributed by atoms with Crippen molar-refractivity contribution in [2.45, 2.75) is 25.3 Å². The summed E-state index contributed by atoms with van der Waals surface area (Å²) < 4.78 is 10.1. The molecule has 1 amide bonds. The molecule has 1 rings (SSSR count). The fourth-order valence-corrected chi connectivity index (χ4v) is 1.80. The predicted molar refractivity (Wildman–Crippen MR) is 61.1 cm³/mol. The Morgan fingerprint density at radius 2 is 2.25 bits per heavy atom. The first-order valence-corrected chi connectivity index (χ1v) is 5.84. The number of rotatable bonds is 6. The second-order valence-corrected chi connectivity index (χ2v) is 4.10. The highest BCUT2D eigenvalue weighted by Gasteiger charge is 2.20. The van der Waals surface area contributed by atoms with Gasteiger partial charge in [-0.1, -0.05) is 0 Å². The van der Waals surface area contributed by atoms with Crippen LogP contribution < -0.4 is 5.73 Å². The summed E-state index contributed by atoms with van der Waals surface area (Å²) in [6, 6.07) is 0.145. The van der Waals surface area contributed by atoms with Gasteiger partial charge in [0.15, 0.2) is 0 Å². The van der Waals surface area contributed by atoms with Crippen molar-refractivity contribution in [2.24, 2.45) is 5.73 Å². The first kappa shape index (κ1) is 13.4. The maximum absolute atomic E-state index is 11.7. The van der Waals surface area contributed by atoms with Crippen LogP contribution in [-0.2, 0) is 14.3 Å². The molecule has 2 N–H and O–H groups in total. The largest absolute Gasteiger partial charge is 0.382 e. The van der Waals surface area contributed by atoms with Gasteiger partial charge in [0.25, 0.3) is 0 Å². The van der Waals surface area contributed by atoms with Crippen LogP contribution >= 0.6 is 0 Å². The lowest BCUT2D eigenvalue weighted by Crippen LogP contribution is -2.45. The number of piperidine rings is 1. The molecule has 1 aliphatic rings. The third kappa shape index (κ3) is 4.92. The molecule has 1 fully saturated rings. The molecule has 1 saturated heterocycles. The number of carbonyl (C=O) groups excluding carboxylic acids is 1. The van der Waals surface area contributed by atoms with E-state index in [1.165, 1.54) is 0 Å². The van der Waals surface area contributed by atoms with Gasteiger partial charge in [-0.3, -0.25) is 4.79 Å². The Hall–Kier alpha value is -0.650. The number of hydrogen-bond donors (Lipinski definition) is 1. The van der Waals surface area contributed by atoms with E-state index in [2.05, 4.69) is 0 Å². The molecule has 94 valence electrons. The Balaban J connectivity index is 2.09. The highest BCUT2D eigenvalue weighted by atomic mass is 16.5. The zero-order chi connectivity index (χ0) is 11.8. The van der Waals surface area contributed by atoms with Gasteiger partial charge >= 0.3 is 0 Å². The summed E-state index contributed by atoms with van der Waals surface area (Å²) in [5.41, 5.74) is 5.82. The molecule has 0 spiro atoms. The van der Waals surface area contributed by atoms with Gasteiger partial charge in [-0.05, 0) is 12.8 Å². The molecule has 1 unspecified atom stereocenters. The zero-order valence-electron chi connectivity index (χ0n) is 9.98. The van der Waals surface area contributed by atoms with E-state index in [1.807, 2.05) is 4.90 Å².